The van der Waals surface area contributed by atoms with Gasteiger partial charge in [-0.1, -0.05) is 0 Å². The molecule has 0 aliphatic carbocycles. The molecule has 1 fully saturated rings. The Kier molecular flexibility index (Phi) is 5.93. The molecule has 1 saturated heterocycles. The molecule has 164 valence electrons. The van der Waals surface area contributed by atoms with Gasteiger partial charge in [-0.2, -0.15) is 5.48 Å². The van der Waals surface area contributed by atoms with E-state index in [1.54, 1.807) is 10.3 Å². The number of rotatable bonds is 8. The number of nitrogens with one attached hydrogen (secondary N) is 1. The van der Waals surface area contributed by atoms with Crippen LogP contribution in [0.1, 0.15) is 10.4 Å². The lowest BCUT2D eigenvalue weighted by atomic mass is 10.1. The van der Waals surface area contributed by atoms with E-state index in [4.69, 9.17) is 15.1 Å². The molecule has 0 amide bonds. The predicted molar refractivity (Wildman–Crippen MR) is 108 cm³/mol. The highest BCUT2D eigenvalue weighted by Gasteiger charge is 2.31. The number of nitrogens with zero attached hydrogens (tertiary/aromatic N) is 4. The van der Waals surface area contributed by atoms with Gasteiger partial charge in [0, 0.05) is 30.9 Å². The highest BCUT2D eigenvalue weighted by molar-refractivity contribution is 7.12. The Labute approximate surface area is 177 Å². The number of hydrogen-bond acceptors (Lipinski definition) is 10. The number of hydrogen-bond donors (Lipinski definition) is 4. The van der Waals surface area contributed by atoms with E-state index in [9.17, 15) is 19.1 Å². The van der Waals surface area contributed by atoms with Crippen molar-refractivity contribution < 1.29 is 29.3 Å². The average molecular weight is 451 g/mol. The van der Waals surface area contributed by atoms with Gasteiger partial charge in [-0.3, -0.25) is 14.2 Å². The molecule has 31 heavy (non-hydrogen) atoms. The van der Waals surface area contributed by atoms with Crippen molar-refractivity contribution in [1.82, 2.24) is 20.0 Å². The Morgan fingerprint density at radius 3 is 2.74 bits per heavy atom. The van der Waals surface area contributed by atoms with E-state index in [1.807, 2.05) is 0 Å². The SMILES string of the molecule is O=C(O)c1cn(-c2nccs2)c2nc(N3CC(NOC(CO)CO)C3)c(F)cc2c1=O. The quantitative estimate of drug-likeness (QED) is 0.337. The number of pyridine rings is 2. The fourth-order valence-electron chi connectivity index (χ4n) is 3.12. The lowest BCUT2D eigenvalue weighted by Crippen LogP contribution is -2.59. The minimum absolute atomic E-state index is 0.000743. The normalized spacial score (nSPS) is 14.4. The molecule has 0 unspecified atom stereocenters. The zero-order valence-electron chi connectivity index (χ0n) is 15.9. The summed E-state index contributed by atoms with van der Waals surface area (Å²) in [5, 5.41) is 29.3. The molecule has 13 heteroatoms. The summed E-state index contributed by atoms with van der Waals surface area (Å²) < 4.78 is 16.2. The van der Waals surface area contributed by atoms with Crippen LogP contribution in [-0.4, -0.2) is 74.3 Å². The maximum Gasteiger partial charge on any atom is 0.341 e. The molecule has 0 bridgehead atoms. The monoisotopic (exact) mass is 451 g/mol. The molecular weight excluding hydrogens is 433 g/mol. The number of carboxylic acids is 1. The van der Waals surface area contributed by atoms with Crippen molar-refractivity contribution in [1.29, 1.82) is 0 Å². The van der Waals surface area contributed by atoms with E-state index in [1.165, 1.54) is 22.1 Å². The third-order valence-electron chi connectivity index (χ3n) is 4.76. The van der Waals surface area contributed by atoms with E-state index >= 15 is 0 Å². The molecule has 11 nitrogen and oxygen atoms in total. The van der Waals surface area contributed by atoms with Crippen LogP contribution in [0.15, 0.2) is 28.6 Å². The van der Waals surface area contributed by atoms with Gasteiger partial charge in [-0.25, -0.2) is 19.2 Å². The van der Waals surface area contributed by atoms with Gasteiger partial charge in [-0.05, 0) is 6.07 Å². The summed E-state index contributed by atoms with van der Waals surface area (Å²) in [7, 11) is 0. The highest BCUT2D eigenvalue weighted by Crippen LogP contribution is 2.27. The van der Waals surface area contributed by atoms with Crippen molar-refractivity contribution >= 4 is 34.2 Å². The second kappa shape index (κ2) is 8.64. The first kappa shape index (κ1) is 21.3. The Morgan fingerprint density at radius 1 is 1.39 bits per heavy atom. The van der Waals surface area contributed by atoms with Gasteiger partial charge in [0.05, 0.1) is 24.6 Å². The number of halogens is 1. The zero-order valence-corrected chi connectivity index (χ0v) is 16.8. The molecule has 1 aliphatic heterocycles. The van der Waals surface area contributed by atoms with Crippen LogP contribution in [0.4, 0.5) is 10.2 Å². The number of aromatic nitrogens is 3. The lowest BCUT2D eigenvalue weighted by Gasteiger charge is -2.40. The third-order valence-corrected chi connectivity index (χ3v) is 5.53. The number of carbonyl (C=O) groups is 1. The molecule has 3 aromatic rings. The van der Waals surface area contributed by atoms with Crippen molar-refractivity contribution in [2.45, 2.75) is 12.1 Å². The number of aliphatic hydroxyl groups excluding tert-OH is 2. The van der Waals surface area contributed by atoms with Gasteiger partial charge in [0.1, 0.15) is 11.7 Å². The molecule has 4 heterocycles. The minimum atomic E-state index is -1.43. The first-order valence-electron chi connectivity index (χ1n) is 9.19. The molecular formula is C18H18FN5O6S. The second-order valence-electron chi connectivity index (χ2n) is 6.85. The second-order valence-corrected chi connectivity index (χ2v) is 7.72. The van der Waals surface area contributed by atoms with Gasteiger partial charge in [0.15, 0.2) is 22.4 Å². The van der Waals surface area contributed by atoms with E-state index in [2.05, 4.69) is 15.4 Å². The Bertz CT molecular complexity index is 1160. The van der Waals surface area contributed by atoms with Crippen molar-refractivity contribution in [2.24, 2.45) is 0 Å². The van der Waals surface area contributed by atoms with Crippen LogP contribution >= 0.6 is 11.3 Å². The zero-order chi connectivity index (χ0) is 22.1. The number of hydroxylamine groups is 1. The number of aliphatic hydroxyl groups is 2. The highest BCUT2D eigenvalue weighted by atomic mass is 32.1. The molecule has 1 aliphatic rings. The predicted octanol–water partition coefficient (Wildman–Crippen LogP) is -0.258. The largest absolute Gasteiger partial charge is 0.477 e. The summed E-state index contributed by atoms with van der Waals surface area (Å²) in [6, 6.07) is 0.800. The third kappa shape index (κ3) is 4.00. The maximum absolute atomic E-state index is 14.8. The number of aromatic carboxylic acids is 1. The molecule has 0 spiro atoms. The van der Waals surface area contributed by atoms with Gasteiger partial charge < -0.3 is 20.2 Å². The van der Waals surface area contributed by atoms with Crippen LogP contribution in [0, 0.1) is 5.82 Å². The van der Waals surface area contributed by atoms with Crippen LogP contribution in [-0.2, 0) is 4.84 Å². The van der Waals surface area contributed by atoms with Crippen LogP contribution in [0.5, 0.6) is 0 Å². The molecule has 0 atom stereocenters. The summed E-state index contributed by atoms with van der Waals surface area (Å²) >= 11 is 1.21. The average Bonchev–Trinajstić information content (AvgIpc) is 3.25. The Hall–Kier alpha value is -2.97. The smallest absolute Gasteiger partial charge is 0.341 e. The summed E-state index contributed by atoms with van der Waals surface area (Å²) in [4.78, 5) is 39.3. The standard InChI is InChI=1S/C18H18FN5O6S/c19-13-3-11-14(27)12(17(28)29)6-24(18-20-1-2-31-18)15(11)21-16(13)23-4-9(5-23)22-30-10(7-25)8-26/h1-3,6,9-10,22,25-26H,4-5,7-8H2,(H,28,29). The molecule has 0 radical (unpaired) electrons. The van der Waals surface area contributed by atoms with Crippen LogP contribution in [0.3, 0.4) is 0 Å². The lowest BCUT2D eigenvalue weighted by molar-refractivity contribution is -0.0895. The number of thiazole rings is 1. The van der Waals surface area contributed by atoms with Crippen molar-refractivity contribution in [3.63, 3.8) is 0 Å². The maximum atomic E-state index is 14.8. The topological polar surface area (TPSA) is 150 Å². The fraction of sp³-hybridized carbons (Fsp3) is 0.333. The minimum Gasteiger partial charge on any atom is -0.477 e. The van der Waals surface area contributed by atoms with Crippen LogP contribution in [0.25, 0.3) is 16.2 Å². The first-order valence-corrected chi connectivity index (χ1v) is 10.1. The van der Waals surface area contributed by atoms with Crippen LogP contribution in [0.2, 0.25) is 0 Å². The Balaban J connectivity index is 1.67. The van der Waals surface area contributed by atoms with E-state index in [-0.39, 0.29) is 36.1 Å². The summed E-state index contributed by atoms with van der Waals surface area (Å²) in [6.07, 6.45) is 1.89. The van der Waals surface area contributed by atoms with Crippen molar-refractivity contribution in [3.8, 4) is 5.13 Å². The summed E-state index contributed by atoms with van der Waals surface area (Å²) in [6.45, 7) is -0.0534. The molecule has 0 saturated carbocycles. The van der Waals surface area contributed by atoms with Gasteiger partial charge in [-0.15, -0.1) is 11.3 Å². The fourth-order valence-corrected chi connectivity index (χ4v) is 3.74. The summed E-state index contributed by atoms with van der Waals surface area (Å²) in [5.41, 5.74) is 1.45. The molecule has 0 aromatic carbocycles. The number of fused-ring (bicyclic) bond motifs is 1. The first-order chi connectivity index (χ1) is 14.9. The van der Waals surface area contributed by atoms with Crippen molar-refractivity contribution in [3.05, 3.63) is 45.4 Å². The number of carboxylic acid groups (broad SMARTS) is 1. The van der Waals surface area contributed by atoms with E-state index < -0.39 is 28.9 Å². The van der Waals surface area contributed by atoms with Crippen LogP contribution < -0.4 is 15.8 Å². The Morgan fingerprint density at radius 2 is 2.13 bits per heavy atom. The van der Waals surface area contributed by atoms with Crippen molar-refractivity contribution in [2.75, 3.05) is 31.2 Å². The van der Waals surface area contributed by atoms with Gasteiger partial charge in [0.25, 0.3) is 0 Å². The molecule has 3 aromatic heterocycles. The molecule has 4 N–H and O–H groups in total. The van der Waals surface area contributed by atoms with E-state index in [0.29, 0.717) is 18.2 Å². The van der Waals surface area contributed by atoms with Gasteiger partial charge in [0.2, 0.25) is 5.43 Å². The van der Waals surface area contributed by atoms with E-state index in [0.717, 1.165) is 12.3 Å². The summed E-state index contributed by atoms with van der Waals surface area (Å²) in [5.74, 6) is -2.19. The van der Waals surface area contributed by atoms with Gasteiger partial charge >= 0.3 is 5.97 Å². The number of anilines is 1. The molecule has 4 rings (SSSR count).